The molecule has 0 spiro atoms. The van der Waals surface area contributed by atoms with E-state index in [4.69, 9.17) is 4.42 Å². The van der Waals surface area contributed by atoms with Crippen LogP contribution in [0.1, 0.15) is 41.2 Å². The highest BCUT2D eigenvalue weighted by molar-refractivity contribution is 14.1. The third-order valence-corrected chi connectivity index (χ3v) is 4.49. The highest BCUT2D eigenvalue weighted by Gasteiger charge is 2.20. The van der Waals surface area contributed by atoms with Crippen LogP contribution in [0.2, 0.25) is 0 Å². The molecule has 2 aromatic rings. The fraction of sp³-hybridized carbons (Fsp3) is 0.412. The molecule has 1 N–H and O–H groups in total. The van der Waals surface area contributed by atoms with E-state index in [0.29, 0.717) is 6.04 Å². The molecule has 0 aliphatic heterocycles. The molecule has 0 aliphatic carbocycles. The van der Waals surface area contributed by atoms with Gasteiger partial charge < -0.3 is 9.73 Å². The summed E-state index contributed by atoms with van der Waals surface area (Å²) in [7, 11) is 0. The van der Waals surface area contributed by atoms with Gasteiger partial charge in [-0.25, -0.2) is 0 Å². The first-order chi connectivity index (χ1) is 9.52. The topological polar surface area (TPSA) is 25.2 Å². The molecule has 108 valence electrons. The van der Waals surface area contributed by atoms with Gasteiger partial charge in [-0.3, -0.25) is 0 Å². The Hall–Kier alpha value is -0.810. The Balaban J connectivity index is 2.29. The molecule has 0 saturated heterocycles. The first-order valence-electron chi connectivity index (χ1n) is 7.07. The smallest absolute Gasteiger partial charge is 0.106 e. The number of likely N-dealkylation sites (N-methyl/N-ethyl adjacent to an activating group) is 1. The Kier molecular flexibility index (Phi) is 5.27. The van der Waals surface area contributed by atoms with E-state index in [0.717, 1.165) is 24.5 Å². The third kappa shape index (κ3) is 3.44. The van der Waals surface area contributed by atoms with Gasteiger partial charge in [0.15, 0.2) is 0 Å². The van der Waals surface area contributed by atoms with Crippen LogP contribution in [-0.4, -0.2) is 6.54 Å². The van der Waals surface area contributed by atoms with Crippen LogP contribution in [0.3, 0.4) is 0 Å². The van der Waals surface area contributed by atoms with Crippen molar-refractivity contribution in [1.29, 1.82) is 0 Å². The van der Waals surface area contributed by atoms with Crippen LogP contribution in [0.4, 0.5) is 0 Å². The highest BCUT2D eigenvalue weighted by Crippen LogP contribution is 2.29. The molecule has 3 heteroatoms. The predicted octanol–water partition coefficient (Wildman–Crippen LogP) is 4.70. The second-order valence-electron chi connectivity index (χ2n) is 5.19. The number of benzene rings is 1. The predicted molar refractivity (Wildman–Crippen MR) is 92.2 cm³/mol. The molecule has 2 nitrogen and oxygen atoms in total. The van der Waals surface area contributed by atoms with E-state index >= 15 is 0 Å². The van der Waals surface area contributed by atoms with Crippen molar-refractivity contribution in [2.45, 2.75) is 40.2 Å². The van der Waals surface area contributed by atoms with E-state index in [9.17, 15) is 0 Å². The Bertz CT molecular complexity index is 571. The SMILES string of the molecule is CCNC(Cc1ccc(I)cc1)c1c(C)oc(C)c1C. The lowest BCUT2D eigenvalue weighted by Gasteiger charge is -2.19. The van der Waals surface area contributed by atoms with Crippen LogP contribution < -0.4 is 5.32 Å². The van der Waals surface area contributed by atoms with Gasteiger partial charge in [-0.15, -0.1) is 0 Å². The Morgan fingerprint density at radius 3 is 2.25 bits per heavy atom. The van der Waals surface area contributed by atoms with E-state index in [1.807, 2.05) is 6.92 Å². The highest BCUT2D eigenvalue weighted by atomic mass is 127. The number of rotatable bonds is 5. The Labute approximate surface area is 135 Å². The van der Waals surface area contributed by atoms with Crippen LogP contribution in [0, 0.1) is 24.3 Å². The minimum atomic E-state index is 0.317. The lowest BCUT2D eigenvalue weighted by Crippen LogP contribution is -2.24. The van der Waals surface area contributed by atoms with Gasteiger partial charge in [-0.2, -0.15) is 0 Å². The van der Waals surface area contributed by atoms with Crippen LogP contribution in [0.25, 0.3) is 0 Å². The largest absolute Gasteiger partial charge is 0.466 e. The van der Waals surface area contributed by atoms with Crippen molar-refractivity contribution in [3.05, 3.63) is 56.0 Å². The fourth-order valence-electron chi connectivity index (χ4n) is 2.70. The standard InChI is InChI=1S/C17H22INO/c1-5-19-16(10-14-6-8-15(18)9-7-14)17-11(2)12(3)20-13(17)4/h6-9,16,19H,5,10H2,1-4H3. The molecule has 1 unspecified atom stereocenters. The zero-order valence-corrected chi connectivity index (χ0v) is 14.7. The van der Waals surface area contributed by atoms with Crippen LogP contribution in [0.5, 0.6) is 0 Å². The lowest BCUT2D eigenvalue weighted by molar-refractivity contribution is 0.484. The number of hydrogen-bond donors (Lipinski definition) is 1. The van der Waals surface area contributed by atoms with Gasteiger partial charge in [-0.05, 0) is 79.6 Å². The van der Waals surface area contributed by atoms with Gasteiger partial charge >= 0.3 is 0 Å². The van der Waals surface area contributed by atoms with E-state index in [1.165, 1.54) is 20.3 Å². The van der Waals surface area contributed by atoms with Gasteiger partial charge in [0.2, 0.25) is 0 Å². The minimum absolute atomic E-state index is 0.317. The lowest BCUT2D eigenvalue weighted by atomic mass is 9.96. The molecule has 1 heterocycles. The summed E-state index contributed by atoms with van der Waals surface area (Å²) in [6.07, 6.45) is 0.991. The number of halogens is 1. The first-order valence-corrected chi connectivity index (χ1v) is 8.15. The van der Waals surface area contributed by atoms with Gasteiger partial charge in [0.05, 0.1) is 0 Å². The monoisotopic (exact) mass is 383 g/mol. The summed E-state index contributed by atoms with van der Waals surface area (Å²) in [5.41, 5.74) is 3.95. The van der Waals surface area contributed by atoms with E-state index in [-0.39, 0.29) is 0 Å². The third-order valence-electron chi connectivity index (χ3n) is 3.77. The van der Waals surface area contributed by atoms with Crippen molar-refractivity contribution in [2.24, 2.45) is 0 Å². The molecule has 1 aromatic carbocycles. The maximum atomic E-state index is 5.79. The van der Waals surface area contributed by atoms with Crippen molar-refractivity contribution in [3.63, 3.8) is 0 Å². The maximum Gasteiger partial charge on any atom is 0.106 e. The second-order valence-corrected chi connectivity index (χ2v) is 6.44. The summed E-state index contributed by atoms with van der Waals surface area (Å²) in [6.45, 7) is 9.36. The molecule has 1 atom stereocenters. The normalized spacial score (nSPS) is 12.7. The van der Waals surface area contributed by atoms with Crippen LogP contribution in [0.15, 0.2) is 28.7 Å². The molecule has 0 aliphatic rings. The fourth-order valence-corrected chi connectivity index (χ4v) is 3.06. The number of hydrogen-bond acceptors (Lipinski definition) is 2. The summed E-state index contributed by atoms with van der Waals surface area (Å²) in [4.78, 5) is 0. The van der Waals surface area contributed by atoms with Crippen LogP contribution in [-0.2, 0) is 6.42 Å². The molecular formula is C17H22INO. The maximum absolute atomic E-state index is 5.79. The van der Waals surface area contributed by atoms with Crippen molar-refractivity contribution in [2.75, 3.05) is 6.54 Å². The molecule has 0 radical (unpaired) electrons. The van der Waals surface area contributed by atoms with Gasteiger partial charge in [0.1, 0.15) is 11.5 Å². The minimum Gasteiger partial charge on any atom is -0.466 e. The number of aryl methyl sites for hydroxylation is 2. The molecule has 2 rings (SSSR count). The molecule has 0 amide bonds. The quantitative estimate of drug-likeness (QED) is 0.757. The average molecular weight is 383 g/mol. The second kappa shape index (κ2) is 6.76. The van der Waals surface area contributed by atoms with E-state index in [2.05, 4.69) is 72.9 Å². The summed E-state index contributed by atoms with van der Waals surface area (Å²) in [5, 5.41) is 3.60. The zero-order valence-electron chi connectivity index (χ0n) is 12.6. The van der Waals surface area contributed by atoms with Crippen molar-refractivity contribution < 1.29 is 4.42 Å². The van der Waals surface area contributed by atoms with Gasteiger partial charge in [0.25, 0.3) is 0 Å². The van der Waals surface area contributed by atoms with E-state index < -0.39 is 0 Å². The molecule has 0 fully saturated rings. The van der Waals surface area contributed by atoms with Crippen molar-refractivity contribution in [1.82, 2.24) is 5.32 Å². The molecule has 1 aromatic heterocycles. The Morgan fingerprint density at radius 1 is 1.10 bits per heavy atom. The van der Waals surface area contributed by atoms with E-state index in [1.54, 1.807) is 0 Å². The average Bonchev–Trinajstić information content (AvgIpc) is 2.66. The molecule has 20 heavy (non-hydrogen) atoms. The molecule has 0 bridgehead atoms. The summed E-state index contributed by atoms with van der Waals surface area (Å²) < 4.78 is 7.06. The number of nitrogens with one attached hydrogen (secondary N) is 1. The summed E-state index contributed by atoms with van der Waals surface area (Å²) in [5.74, 6) is 2.07. The van der Waals surface area contributed by atoms with Gasteiger partial charge in [0, 0.05) is 15.2 Å². The number of furan rings is 1. The molecular weight excluding hydrogens is 361 g/mol. The zero-order chi connectivity index (χ0) is 14.7. The summed E-state index contributed by atoms with van der Waals surface area (Å²) in [6, 6.07) is 9.07. The van der Waals surface area contributed by atoms with Crippen molar-refractivity contribution in [3.8, 4) is 0 Å². The molecule has 0 saturated carbocycles. The first kappa shape index (κ1) is 15.6. The van der Waals surface area contributed by atoms with Gasteiger partial charge in [-0.1, -0.05) is 19.1 Å². The van der Waals surface area contributed by atoms with Crippen LogP contribution >= 0.6 is 22.6 Å². The summed E-state index contributed by atoms with van der Waals surface area (Å²) >= 11 is 2.34. The van der Waals surface area contributed by atoms with Crippen molar-refractivity contribution >= 4 is 22.6 Å². The Morgan fingerprint density at radius 2 is 1.75 bits per heavy atom.